The average Bonchev–Trinajstić information content (AvgIpc) is 2.95. The molecule has 2 fully saturated rings. The topological polar surface area (TPSA) is 40.6 Å². The summed E-state index contributed by atoms with van der Waals surface area (Å²) in [6, 6.07) is 15.1. The van der Waals surface area contributed by atoms with Crippen molar-refractivity contribution >= 4 is 52.5 Å². The number of rotatable bonds is 3. The first kappa shape index (κ1) is 20.6. The molecule has 2 aromatic rings. The van der Waals surface area contributed by atoms with E-state index in [1.165, 1.54) is 0 Å². The van der Waals surface area contributed by atoms with Crippen LogP contribution in [0.5, 0.6) is 0 Å². The predicted octanol–water partition coefficient (Wildman–Crippen LogP) is 5.05. The number of hydrogen-bond donors (Lipinski definition) is 0. The Morgan fingerprint density at radius 1 is 1.03 bits per heavy atom. The van der Waals surface area contributed by atoms with Crippen LogP contribution in [-0.2, 0) is 9.59 Å². The van der Waals surface area contributed by atoms with Gasteiger partial charge in [0.1, 0.15) is 0 Å². The van der Waals surface area contributed by atoms with Crippen molar-refractivity contribution in [1.82, 2.24) is 4.90 Å². The third-order valence-electron chi connectivity index (χ3n) is 5.52. The molecule has 0 aliphatic carbocycles. The van der Waals surface area contributed by atoms with Crippen LogP contribution in [0.25, 0.3) is 0 Å². The summed E-state index contributed by atoms with van der Waals surface area (Å²) >= 11 is 14.2. The molecule has 29 heavy (non-hydrogen) atoms. The van der Waals surface area contributed by atoms with Crippen LogP contribution in [0.3, 0.4) is 0 Å². The molecule has 0 saturated carbocycles. The van der Waals surface area contributed by atoms with Gasteiger partial charge in [0.2, 0.25) is 11.8 Å². The lowest BCUT2D eigenvalue weighted by atomic mass is 10.1. The molecule has 2 saturated heterocycles. The molecule has 0 N–H and O–H groups in total. The lowest BCUT2D eigenvalue weighted by Crippen LogP contribution is -2.38. The Morgan fingerprint density at radius 2 is 1.79 bits per heavy atom. The molecule has 152 valence electrons. The minimum Gasteiger partial charge on any atom is -0.342 e. The molecule has 2 heterocycles. The first-order valence-electron chi connectivity index (χ1n) is 9.73. The van der Waals surface area contributed by atoms with Gasteiger partial charge in [-0.3, -0.25) is 9.59 Å². The van der Waals surface area contributed by atoms with Gasteiger partial charge in [-0.2, -0.15) is 11.8 Å². The van der Waals surface area contributed by atoms with Gasteiger partial charge < -0.3 is 9.80 Å². The molecule has 2 atom stereocenters. The molecule has 0 bridgehead atoms. The van der Waals surface area contributed by atoms with Crippen LogP contribution in [0.1, 0.15) is 23.7 Å². The zero-order valence-corrected chi connectivity index (χ0v) is 18.2. The Hall–Kier alpha value is -1.69. The molecule has 2 aromatic carbocycles. The molecule has 0 aromatic heterocycles. The monoisotopic (exact) mass is 448 g/mol. The third kappa shape index (κ3) is 4.57. The molecule has 7 heteroatoms. The summed E-state index contributed by atoms with van der Waals surface area (Å²) in [5.74, 6) is 0.641. The first-order chi connectivity index (χ1) is 14.0. The third-order valence-corrected chi connectivity index (χ3v) is 7.42. The highest BCUT2D eigenvalue weighted by molar-refractivity contribution is 7.99. The number of anilines is 1. The highest BCUT2D eigenvalue weighted by atomic mass is 35.5. The van der Waals surface area contributed by atoms with Crippen LogP contribution < -0.4 is 4.90 Å². The number of carbonyl (C=O) groups excluding carboxylic acids is 2. The van der Waals surface area contributed by atoms with Gasteiger partial charge in [-0.25, -0.2) is 0 Å². The number of carbonyl (C=O) groups is 2. The van der Waals surface area contributed by atoms with Crippen LogP contribution in [0.15, 0.2) is 48.5 Å². The Bertz CT molecular complexity index is 906. The Morgan fingerprint density at radius 3 is 2.55 bits per heavy atom. The van der Waals surface area contributed by atoms with Crippen molar-refractivity contribution in [2.45, 2.75) is 18.1 Å². The highest BCUT2D eigenvalue weighted by Crippen LogP contribution is 2.38. The molecule has 2 amide bonds. The van der Waals surface area contributed by atoms with E-state index in [1.807, 2.05) is 47.0 Å². The summed E-state index contributed by atoms with van der Waals surface area (Å²) in [7, 11) is 0. The standard InChI is InChI=1S/C22H22Cl2N2O2S/c23-16-5-7-17(8-6-16)26-14-15(13-21(26)27)22(28)25-10-9-20(29-12-11-25)18-3-1-2-4-19(18)24/h1-8,15,20H,9-14H2. The van der Waals surface area contributed by atoms with Crippen LogP contribution >= 0.6 is 35.0 Å². The van der Waals surface area contributed by atoms with Crippen LogP contribution in [0.4, 0.5) is 5.69 Å². The van der Waals surface area contributed by atoms with Crippen molar-refractivity contribution in [1.29, 1.82) is 0 Å². The normalized spacial score (nSPS) is 22.6. The van der Waals surface area contributed by atoms with E-state index in [2.05, 4.69) is 6.07 Å². The van der Waals surface area contributed by atoms with Gasteiger partial charge in [-0.1, -0.05) is 41.4 Å². The van der Waals surface area contributed by atoms with E-state index in [0.29, 0.717) is 24.7 Å². The molecule has 0 radical (unpaired) electrons. The minimum atomic E-state index is -0.292. The molecule has 4 rings (SSSR count). The summed E-state index contributed by atoms with van der Waals surface area (Å²) in [6.07, 6.45) is 1.13. The SMILES string of the molecule is O=C(C1CC(=O)N(c2ccc(Cl)cc2)C1)N1CCSC(c2ccccc2Cl)CC1. The molecule has 2 unspecified atom stereocenters. The first-order valence-corrected chi connectivity index (χ1v) is 11.5. The Labute approximate surface area is 185 Å². The van der Waals surface area contributed by atoms with E-state index in [9.17, 15) is 9.59 Å². The van der Waals surface area contributed by atoms with Gasteiger partial charge in [0.25, 0.3) is 0 Å². The number of hydrogen-bond acceptors (Lipinski definition) is 3. The maximum Gasteiger partial charge on any atom is 0.228 e. The number of amides is 2. The number of nitrogens with zero attached hydrogens (tertiary/aromatic N) is 2. The fourth-order valence-electron chi connectivity index (χ4n) is 3.98. The van der Waals surface area contributed by atoms with Gasteiger partial charge in [0.05, 0.1) is 5.92 Å². The zero-order valence-electron chi connectivity index (χ0n) is 15.9. The molecule has 0 spiro atoms. The predicted molar refractivity (Wildman–Crippen MR) is 120 cm³/mol. The summed E-state index contributed by atoms with van der Waals surface area (Å²) in [6.45, 7) is 1.82. The van der Waals surface area contributed by atoms with Crippen LogP contribution in [0.2, 0.25) is 10.0 Å². The number of thioether (sulfide) groups is 1. The molecular formula is C22H22Cl2N2O2S. The van der Waals surface area contributed by atoms with Gasteiger partial charge >= 0.3 is 0 Å². The second-order valence-corrected chi connectivity index (χ2v) is 9.53. The summed E-state index contributed by atoms with van der Waals surface area (Å²) in [5.41, 5.74) is 1.93. The highest BCUT2D eigenvalue weighted by Gasteiger charge is 2.37. The van der Waals surface area contributed by atoms with E-state index < -0.39 is 0 Å². The van der Waals surface area contributed by atoms with Crippen molar-refractivity contribution < 1.29 is 9.59 Å². The Balaban J connectivity index is 1.40. The van der Waals surface area contributed by atoms with Gasteiger partial charge in [0.15, 0.2) is 0 Å². The largest absolute Gasteiger partial charge is 0.342 e. The maximum atomic E-state index is 13.1. The van der Waals surface area contributed by atoms with Crippen molar-refractivity contribution in [2.24, 2.45) is 5.92 Å². The molecule has 2 aliphatic heterocycles. The molecule has 4 nitrogen and oxygen atoms in total. The van der Waals surface area contributed by atoms with Crippen molar-refractivity contribution in [2.75, 3.05) is 30.3 Å². The number of benzene rings is 2. The maximum absolute atomic E-state index is 13.1. The van der Waals surface area contributed by atoms with E-state index in [-0.39, 0.29) is 29.4 Å². The van der Waals surface area contributed by atoms with Gasteiger partial charge in [-0.05, 0) is 42.3 Å². The van der Waals surface area contributed by atoms with E-state index in [4.69, 9.17) is 23.2 Å². The van der Waals surface area contributed by atoms with Crippen molar-refractivity contribution in [3.05, 3.63) is 64.1 Å². The molecule has 2 aliphatic rings. The van der Waals surface area contributed by atoms with Crippen LogP contribution in [0, 0.1) is 5.92 Å². The fourth-order valence-corrected chi connectivity index (χ4v) is 5.70. The van der Waals surface area contributed by atoms with Crippen molar-refractivity contribution in [3.63, 3.8) is 0 Å². The van der Waals surface area contributed by atoms with Gasteiger partial charge in [-0.15, -0.1) is 0 Å². The lowest BCUT2D eigenvalue weighted by Gasteiger charge is -2.24. The average molecular weight is 449 g/mol. The summed E-state index contributed by atoms with van der Waals surface area (Å²) in [4.78, 5) is 29.2. The molecular weight excluding hydrogens is 427 g/mol. The smallest absolute Gasteiger partial charge is 0.228 e. The zero-order chi connectivity index (χ0) is 20.4. The second kappa shape index (κ2) is 8.99. The quantitative estimate of drug-likeness (QED) is 0.658. The van der Waals surface area contributed by atoms with Gasteiger partial charge in [0, 0.05) is 52.8 Å². The van der Waals surface area contributed by atoms with E-state index in [0.717, 1.165) is 28.4 Å². The summed E-state index contributed by atoms with van der Waals surface area (Å²) < 4.78 is 0. The van der Waals surface area contributed by atoms with Crippen LogP contribution in [-0.4, -0.2) is 42.1 Å². The minimum absolute atomic E-state index is 0.0104. The van der Waals surface area contributed by atoms with E-state index in [1.54, 1.807) is 17.0 Å². The van der Waals surface area contributed by atoms with Crippen molar-refractivity contribution in [3.8, 4) is 0 Å². The van der Waals surface area contributed by atoms with E-state index >= 15 is 0 Å². The Kier molecular flexibility index (Phi) is 6.38. The lowest BCUT2D eigenvalue weighted by molar-refractivity contribution is -0.135. The number of halogens is 2. The fraction of sp³-hybridized carbons (Fsp3) is 0.364. The summed E-state index contributed by atoms with van der Waals surface area (Å²) in [5, 5.41) is 1.70. The second-order valence-electron chi connectivity index (χ2n) is 7.38.